The Hall–Kier alpha value is -2.82. The molecule has 1 atom stereocenters. The lowest BCUT2D eigenvalue weighted by molar-refractivity contribution is -0.136. The predicted molar refractivity (Wildman–Crippen MR) is 133 cm³/mol. The molecule has 35 heavy (non-hydrogen) atoms. The normalized spacial score (nSPS) is 16.0. The molecule has 2 N–H and O–H groups in total. The summed E-state index contributed by atoms with van der Waals surface area (Å²) in [5, 5.41) is 11.2. The summed E-state index contributed by atoms with van der Waals surface area (Å²) in [6.45, 7) is 8.12. The van der Waals surface area contributed by atoms with Crippen molar-refractivity contribution in [3.05, 3.63) is 34.2 Å². The summed E-state index contributed by atoms with van der Waals surface area (Å²) in [6.07, 6.45) is 3.38. The number of aromatic nitrogens is 2. The van der Waals surface area contributed by atoms with Crippen LogP contribution in [0.5, 0.6) is 0 Å². The predicted octanol–water partition coefficient (Wildman–Crippen LogP) is 2.33. The van der Waals surface area contributed by atoms with Gasteiger partial charge in [-0.1, -0.05) is 25.5 Å². The number of ether oxygens (including phenoxy) is 3. The Morgan fingerprint density at radius 3 is 2.40 bits per heavy atom. The molecule has 0 aliphatic carbocycles. The first-order valence-electron chi connectivity index (χ1n) is 12.4. The summed E-state index contributed by atoms with van der Waals surface area (Å²) in [5.74, 6) is -0.824. The van der Waals surface area contributed by atoms with E-state index < -0.39 is 11.9 Å². The van der Waals surface area contributed by atoms with Crippen LogP contribution in [0.25, 0.3) is 10.8 Å². The Labute approximate surface area is 205 Å². The Morgan fingerprint density at radius 1 is 1.03 bits per heavy atom. The van der Waals surface area contributed by atoms with Crippen molar-refractivity contribution in [1.82, 2.24) is 15.1 Å². The van der Waals surface area contributed by atoms with Gasteiger partial charge >= 0.3 is 0 Å². The second kappa shape index (κ2) is 13.9. The number of unbranched alkanes of at least 4 members (excludes halogenated alkanes) is 1. The van der Waals surface area contributed by atoms with Gasteiger partial charge in [-0.2, -0.15) is 5.10 Å². The number of benzene rings is 1. The number of carbonyl (C=O) groups is 2. The van der Waals surface area contributed by atoms with Crippen molar-refractivity contribution in [3.8, 4) is 0 Å². The minimum Gasteiger partial charge on any atom is -0.384 e. The molecule has 1 aliphatic rings. The van der Waals surface area contributed by atoms with Crippen LogP contribution in [0.1, 0.15) is 50.8 Å². The number of aryl methyl sites for hydroxylation is 1. The van der Waals surface area contributed by atoms with Gasteiger partial charge in [-0.05, 0) is 32.3 Å². The van der Waals surface area contributed by atoms with Gasteiger partial charge in [0.15, 0.2) is 0 Å². The molecule has 1 unspecified atom stereocenters. The Kier molecular flexibility index (Phi) is 10.6. The van der Waals surface area contributed by atoms with Crippen molar-refractivity contribution < 1.29 is 23.8 Å². The number of anilines is 1. The molecule has 2 aromatic rings. The third-order valence-electron chi connectivity index (χ3n) is 5.81. The van der Waals surface area contributed by atoms with Gasteiger partial charge in [0.25, 0.3) is 11.5 Å². The standard InChI is InChI=1S/C25H36N4O6/c1-3-4-12-33-14-16-35-17-15-34-13-6-11-26-20-8-5-7-19-18(2)28-29(25(32)23(19)20)21-9-10-22(30)27-24(21)31/h5,7-8,21,26H,3-4,6,9-17H2,1-2H3,(H,27,30,31). The smallest absolute Gasteiger partial charge is 0.277 e. The molecule has 3 rings (SSSR count). The van der Waals surface area contributed by atoms with Gasteiger partial charge in [-0.3, -0.25) is 19.7 Å². The maximum atomic E-state index is 13.3. The van der Waals surface area contributed by atoms with Crippen molar-refractivity contribution >= 4 is 28.3 Å². The summed E-state index contributed by atoms with van der Waals surface area (Å²) < 4.78 is 17.7. The third-order valence-corrected chi connectivity index (χ3v) is 5.81. The van der Waals surface area contributed by atoms with Crippen molar-refractivity contribution in [2.45, 2.75) is 52.0 Å². The van der Waals surface area contributed by atoms with Crippen molar-refractivity contribution in [1.29, 1.82) is 0 Å². The molecule has 0 radical (unpaired) electrons. The minimum absolute atomic E-state index is 0.180. The van der Waals surface area contributed by atoms with E-state index in [9.17, 15) is 14.4 Å². The van der Waals surface area contributed by atoms with Gasteiger partial charge in [0, 0.05) is 37.3 Å². The average molecular weight is 489 g/mol. The van der Waals surface area contributed by atoms with Crippen LogP contribution < -0.4 is 16.2 Å². The number of imide groups is 1. The zero-order valence-corrected chi connectivity index (χ0v) is 20.6. The molecule has 0 spiro atoms. The fourth-order valence-electron chi connectivity index (χ4n) is 3.92. The number of amides is 2. The molecule has 10 heteroatoms. The van der Waals surface area contributed by atoms with E-state index in [2.05, 4.69) is 22.7 Å². The second-order valence-electron chi connectivity index (χ2n) is 8.50. The van der Waals surface area contributed by atoms with Crippen molar-refractivity contribution in [3.63, 3.8) is 0 Å². The van der Waals surface area contributed by atoms with Crippen LogP contribution in [0.15, 0.2) is 23.0 Å². The number of fused-ring (bicyclic) bond motifs is 1. The van der Waals surface area contributed by atoms with Gasteiger partial charge in [0.1, 0.15) is 6.04 Å². The fourth-order valence-corrected chi connectivity index (χ4v) is 3.92. The van der Waals surface area contributed by atoms with Gasteiger partial charge in [-0.15, -0.1) is 0 Å². The lowest BCUT2D eigenvalue weighted by Crippen LogP contribution is -2.45. The van der Waals surface area contributed by atoms with Crippen molar-refractivity contribution in [2.24, 2.45) is 0 Å². The van der Waals surface area contributed by atoms with Crippen LogP contribution in [-0.4, -0.2) is 67.8 Å². The molecule has 10 nitrogen and oxygen atoms in total. The van der Waals surface area contributed by atoms with Crippen LogP contribution >= 0.6 is 0 Å². The summed E-state index contributed by atoms with van der Waals surface area (Å²) in [7, 11) is 0. The summed E-state index contributed by atoms with van der Waals surface area (Å²) in [5.41, 5.74) is 0.979. The molecule has 0 bridgehead atoms. The van der Waals surface area contributed by atoms with E-state index in [-0.39, 0.29) is 24.3 Å². The Morgan fingerprint density at radius 2 is 1.71 bits per heavy atom. The van der Waals surface area contributed by atoms with Gasteiger partial charge in [0.2, 0.25) is 5.91 Å². The molecule has 2 amide bonds. The highest BCUT2D eigenvalue weighted by Crippen LogP contribution is 2.24. The third kappa shape index (κ3) is 7.58. The van der Waals surface area contributed by atoms with Crippen molar-refractivity contribution in [2.75, 3.05) is 51.5 Å². The van der Waals surface area contributed by atoms with E-state index >= 15 is 0 Å². The maximum absolute atomic E-state index is 13.3. The fraction of sp³-hybridized carbons (Fsp3) is 0.600. The van der Waals surface area contributed by atoms with Crippen LogP contribution in [-0.2, 0) is 23.8 Å². The largest absolute Gasteiger partial charge is 0.384 e. The molecule has 1 aromatic carbocycles. The van der Waals surface area contributed by atoms with E-state index in [4.69, 9.17) is 14.2 Å². The van der Waals surface area contributed by atoms with Crippen LogP contribution in [0.2, 0.25) is 0 Å². The van der Waals surface area contributed by atoms with E-state index in [1.165, 1.54) is 4.68 Å². The number of hydrogen-bond acceptors (Lipinski definition) is 8. The molecule has 192 valence electrons. The monoisotopic (exact) mass is 488 g/mol. The number of piperidine rings is 1. The number of carbonyl (C=O) groups excluding carboxylic acids is 2. The highest BCUT2D eigenvalue weighted by atomic mass is 16.5. The van der Waals surface area contributed by atoms with Gasteiger partial charge in [0.05, 0.1) is 37.5 Å². The molecule has 2 heterocycles. The molecule has 1 saturated heterocycles. The van der Waals surface area contributed by atoms with Crippen LogP contribution in [0, 0.1) is 6.92 Å². The van der Waals surface area contributed by atoms with Crippen LogP contribution in [0.4, 0.5) is 5.69 Å². The molecular formula is C25H36N4O6. The highest BCUT2D eigenvalue weighted by molar-refractivity contribution is 6.00. The SMILES string of the molecule is CCCCOCCOCCOCCCNc1cccc2c(C)nn(C3CCC(=O)NC3=O)c(=O)c12. The average Bonchev–Trinajstić information content (AvgIpc) is 2.84. The number of hydrogen-bond donors (Lipinski definition) is 2. The number of rotatable bonds is 15. The first-order valence-corrected chi connectivity index (χ1v) is 12.4. The summed E-state index contributed by atoms with van der Waals surface area (Å²) in [6, 6.07) is 4.76. The van der Waals surface area contributed by atoms with Gasteiger partial charge < -0.3 is 19.5 Å². The lowest BCUT2D eigenvalue weighted by atomic mass is 10.1. The van der Waals surface area contributed by atoms with E-state index in [1.54, 1.807) is 6.92 Å². The molecule has 1 aromatic heterocycles. The minimum atomic E-state index is -0.796. The quantitative estimate of drug-likeness (QED) is 0.289. The van der Waals surface area contributed by atoms with Gasteiger partial charge in [-0.25, -0.2) is 4.68 Å². The second-order valence-corrected chi connectivity index (χ2v) is 8.50. The topological polar surface area (TPSA) is 121 Å². The van der Waals surface area contributed by atoms with E-state index in [1.807, 2.05) is 18.2 Å². The Bertz CT molecular complexity index is 1050. The zero-order chi connectivity index (χ0) is 25.0. The van der Waals surface area contributed by atoms with E-state index in [0.29, 0.717) is 56.3 Å². The summed E-state index contributed by atoms with van der Waals surface area (Å²) >= 11 is 0. The first-order chi connectivity index (χ1) is 17.0. The van der Waals surface area contributed by atoms with E-state index in [0.717, 1.165) is 31.3 Å². The molecular weight excluding hydrogens is 452 g/mol. The lowest BCUT2D eigenvalue weighted by Gasteiger charge is -2.23. The molecule has 0 saturated carbocycles. The number of nitrogens with zero attached hydrogens (tertiary/aromatic N) is 2. The van der Waals surface area contributed by atoms with Crippen LogP contribution in [0.3, 0.4) is 0 Å². The highest BCUT2D eigenvalue weighted by Gasteiger charge is 2.30. The molecule has 1 fully saturated rings. The maximum Gasteiger partial charge on any atom is 0.277 e. The zero-order valence-electron chi connectivity index (χ0n) is 20.6. The first kappa shape index (κ1) is 26.8. The summed E-state index contributed by atoms with van der Waals surface area (Å²) in [4.78, 5) is 37.1. The number of nitrogens with one attached hydrogen (secondary N) is 2. The Balaban J connectivity index is 1.49. The molecule has 1 aliphatic heterocycles.